The van der Waals surface area contributed by atoms with Gasteiger partial charge in [0.15, 0.2) is 5.79 Å². The predicted molar refractivity (Wildman–Crippen MR) is 170 cm³/mol. The van der Waals surface area contributed by atoms with Gasteiger partial charge in [-0.3, -0.25) is 0 Å². The topological polar surface area (TPSA) is 135 Å². The van der Waals surface area contributed by atoms with Gasteiger partial charge in [-0.2, -0.15) is 0 Å². The van der Waals surface area contributed by atoms with Gasteiger partial charge < -0.3 is 39.4 Å². The van der Waals surface area contributed by atoms with Gasteiger partial charge >= 0.3 is 5.97 Å². The van der Waals surface area contributed by atoms with Gasteiger partial charge in [0.2, 0.25) is 5.76 Å². The Hall–Kier alpha value is -2.01. The molecule has 1 fully saturated rings. The summed E-state index contributed by atoms with van der Waals surface area (Å²) in [7, 11) is 2.87. The average molecular weight is 623 g/mol. The van der Waals surface area contributed by atoms with Crippen LogP contribution in [0.25, 0.3) is 0 Å². The van der Waals surface area contributed by atoms with Crippen molar-refractivity contribution in [3.05, 3.63) is 47.3 Å². The van der Waals surface area contributed by atoms with E-state index in [1.165, 1.54) is 14.2 Å². The third kappa shape index (κ3) is 9.50. The van der Waals surface area contributed by atoms with Crippen LogP contribution in [0.3, 0.4) is 0 Å². The van der Waals surface area contributed by atoms with Crippen LogP contribution in [0.1, 0.15) is 75.2 Å². The van der Waals surface area contributed by atoms with Gasteiger partial charge in [-0.1, -0.05) is 83.9 Å². The maximum atomic E-state index is 13.5. The molecule has 2 aliphatic heterocycles. The fourth-order valence-electron chi connectivity index (χ4n) is 6.54. The van der Waals surface area contributed by atoms with Gasteiger partial charge in [-0.15, -0.1) is 0 Å². The molecule has 0 aromatic heterocycles. The Labute approximate surface area is 264 Å². The molecule has 44 heavy (non-hydrogen) atoms. The number of methoxy groups -OCH3 is 2. The molecule has 2 aliphatic rings. The van der Waals surface area contributed by atoms with E-state index in [-0.39, 0.29) is 35.9 Å². The monoisotopic (exact) mass is 622 g/mol. The van der Waals surface area contributed by atoms with Gasteiger partial charge in [0.1, 0.15) is 12.2 Å². The minimum Gasteiger partial charge on any atom is -0.490 e. The lowest BCUT2D eigenvalue weighted by atomic mass is 9.76. The molecule has 12 atom stereocenters. The number of aliphatic hydroxyl groups excluding tert-OH is 3. The number of hydrogen-bond acceptors (Lipinski definition) is 9. The smallest absolute Gasteiger partial charge is 0.373 e. The van der Waals surface area contributed by atoms with E-state index >= 15 is 0 Å². The van der Waals surface area contributed by atoms with Crippen molar-refractivity contribution in [2.45, 2.75) is 118 Å². The highest BCUT2D eigenvalue weighted by Crippen LogP contribution is 2.41. The van der Waals surface area contributed by atoms with Gasteiger partial charge in [0, 0.05) is 37.2 Å². The molecule has 2 rings (SSSR count). The molecule has 0 amide bonds. The first-order valence-corrected chi connectivity index (χ1v) is 15.9. The van der Waals surface area contributed by atoms with Crippen molar-refractivity contribution in [2.24, 2.45) is 35.5 Å². The molecule has 0 spiro atoms. The number of carbonyl (C=O) groups is 1. The molecule has 9 nitrogen and oxygen atoms in total. The van der Waals surface area contributed by atoms with Crippen LogP contribution in [0, 0.1) is 35.5 Å². The van der Waals surface area contributed by atoms with Crippen molar-refractivity contribution in [3.8, 4) is 0 Å². The molecule has 0 saturated carbocycles. The molecule has 0 aliphatic carbocycles. The summed E-state index contributed by atoms with van der Waals surface area (Å²) in [4.78, 5) is 13.5. The molecule has 2 heterocycles. The van der Waals surface area contributed by atoms with Gasteiger partial charge in [-0.25, -0.2) is 4.79 Å². The first-order valence-electron chi connectivity index (χ1n) is 15.9. The van der Waals surface area contributed by atoms with Crippen molar-refractivity contribution >= 4 is 5.97 Å². The Morgan fingerprint density at radius 3 is 2.25 bits per heavy atom. The second-order valence-corrected chi connectivity index (χ2v) is 13.6. The van der Waals surface area contributed by atoms with E-state index in [0.29, 0.717) is 6.42 Å². The Morgan fingerprint density at radius 1 is 1.05 bits per heavy atom. The van der Waals surface area contributed by atoms with Crippen LogP contribution >= 0.6 is 0 Å². The highest BCUT2D eigenvalue weighted by atomic mass is 16.6. The van der Waals surface area contributed by atoms with Crippen molar-refractivity contribution in [1.29, 1.82) is 0 Å². The summed E-state index contributed by atoms with van der Waals surface area (Å²) in [6.07, 6.45) is 4.85. The zero-order chi connectivity index (χ0) is 33.5. The number of cyclic esters (lactones) is 1. The second kappa shape index (κ2) is 16.5. The molecule has 4 N–H and O–H groups in total. The van der Waals surface area contributed by atoms with Crippen LogP contribution in [0.4, 0.5) is 0 Å². The Morgan fingerprint density at radius 2 is 1.68 bits per heavy atom. The summed E-state index contributed by atoms with van der Waals surface area (Å²) in [5.74, 6) is -4.49. The lowest BCUT2D eigenvalue weighted by Crippen LogP contribution is -2.59. The zero-order valence-corrected chi connectivity index (χ0v) is 28.6. The van der Waals surface area contributed by atoms with E-state index < -0.39 is 60.2 Å². The number of rotatable bonds is 7. The standard InChI is InChI=1S/C35H58O9/c1-19(2)32-24(7)27(36)18-35(40,44-32)26(9)31(38)25(8)33-28(41-10)14-12-13-20(3)15-22(5)30(37)23(6)16-21(4)17-29(42-11)34(39)43-33/h12-14,16-17,19,22-28,30-33,36-38,40H,15,18H2,1-11H3/b14-12+,20-13-,21-16+,29-17-/t22-,23+,24+,25-,26+,27+,28+,30-,31+,32-,33+,35+/m1/s1. The molecule has 9 heteroatoms. The van der Waals surface area contributed by atoms with Crippen LogP contribution in [-0.4, -0.2) is 83.0 Å². The Bertz CT molecular complexity index is 1060. The lowest BCUT2D eigenvalue weighted by molar-refractivity contribution is -0.328. The second-order valence-electron chi connectivity index (χ2n) is 13.6. The lowest BCUT2D eigenvalue weighted by Gasteiger charge is -2.49. The number of carbonyl (C=O) groups excluding carboxylic acids is 1. The number of allylic oxidation sites excluding steroid dienone is 5. The summed E-state index contributed by atoms with van der Waals surface area (Å²) in [5, 5.41) is 45.0. The molecule has 0 unspecified atom stereocenters. The molecular formula is C35H58O9. The van der Waals surface area contributed by atoms with Crippen molar-refractivity contribution < 1.29 is 44.2 Å². The molecule has 0 aromatic carbocycles. The molecule has 0 radical (unpaired) electrons. The number of aliphatic hydroxyl groups is 4. The Balaban J connectivity index is 2.52. The largest absolute Gasteiger partial charge is 0.490 e. The summed E-state index contributed by atoms with van der Waals surface area (Å²) in [6, 6.07) is 0. The summed E-state index contributed by atoms with van der Waals surface area (Å²) >= 11 is 0. The quantitative estimate of drug-likeness (QED) is 0.298. The minimum atomic E-state index is -1.80. The maximum absolute atomic E-state index is 13.5. The van der Waals surface area contributed by atoms with Gasteiger partial charge in [0.05, 0.1) is 31.5 Å². The van der Waals surface area contributed by atoms with Crippen molar-refractivity contribution in [1.82, 2.24) is 0 Å². The molecule has 1 saturated heterocycles. The van der Waals surface area contributed by atoms with Crippen LogP contribution < -0.4 is 0 Å². The van der Waals surface area contributed by atoms with Crippen molar-refractivity contribution in [3.63, 3.8) is 0 Å². The normalized spacial score (nSPS) is 41.2. The van der Waals surface area contributed by atoms with E-state index in [1.54, 1.807) is 26.0 Å². The molecule has 0 aromatic rings. The summed E-state index contributed by atoms with van der Waals surface area (Å²) in [6.45, 7) is 17.0. The number of hydrogen-bond donors (Lipinski definition) is 4. The fraction of sp³-hybridized carbons (Fsp3) is 0.743. The van der Waals surface area contributed by atoms with E-state index in [4.69, 9.17) is 18.9 Å². The van der Waals surface area contributed by atoms with Crippen LogP contribution in [-0.2, 0) is 23.7 Å². The third-order valence-electron chi connectivity index (χ3n) is 9.50. The van der Waals surface area contributed by atoms with Crippen molar-refractivity contribution in [2.75, 3.05) is 14.2 Å². The average Bonchev–Trinajstić information content (AvgIpc) is 2.96. The first kappa shape index (κ1) is 38.2. The first-order chi connectivity index (χ1) is 20.5. The van der Waals surface area contributed by atoms with Crippen LogP contribution in [0.2, 0.25) is 0 Å². The number of esters is 1. The fourth-order valence-corrected chi connectivity index (χ4v) is 6.54. The van der Waals surface area contributed by atoms with E-state index in [2.05, 4.69) is 0 Å². The highest BCUT2D eigenvalue weighted by molar-refractivity contribution is 5.87. The van der Waals surface area contributed by atoms with Gasteiger partial charge in [-0.05, 0) is 38.2 Å². The SMILES string of the molecule is CO/C1=C\C(C)=C\[C@H](C)[C@H](O)[C@H](C)C/C(C)=C\C=C\[C@H](OC)[C@H]([C@H](C)[C@H](O)[C@H](C)[C@]2(O)C[C@H](O)[C@H](C)[C@@H](C(C)C)O2)OC1=O. The van der Waals surface area contributed by atoms with E-state index in [0.717, 1.165) is 11.1 Å². The summed E-state index contributed by atoms with van der Waals surface area (Å²) in [5.41, 5.74) is 1.78. The van der Waals surface area contributed by atoms with Gasteiger partial charge in [0.25, 0.3) is 0 Å². The minimum absolute atomic E-state index is 0.00492. The summed E-state index contributed by atoms with van der Waals surface area (Å²) < 4.78 is 23.4. The zero-order valence-electron chi connectivity index (χ0n) is 28.6. The molecule has 252 valence electrons. The van der Waals surface area contributed by atoms with E-state index in [1.807, 2.05) is 66.7 Å². The Kier molecular flexibility index (Phi) is 14.3. The number of ether oxygens (including phenoxy) is 4. The third-order valence-corrected chi connectivity index (χ3v) is 9.50. The maximum Gasteiger partial charge on any atom is 0.373 e. The van der Waals surface area contributed by atoms with E-state index in [9.17, 15) is 25.2 Å². The molecular weight excluding hydrogens is 564 g/mol. The van der Waals surface area contributed by atoms with Crippen LogP contribution in [0.15, 0.2) is 47.3 Å². The predicted octanol–water partition coefficient (Wildman–Crippen LogP) is 4.69. The van der Waals surface area contributed by atoms with Crippen LogP contribution in [0.5, 0.6) is 0 Å². The highest BCUT2D eigenvalue weighted by Gasteiger charge is 2.51. The molecule has 0 bridgehead atoms.